The quantitative estimate of drug-likeness (QED) is 0.455. The summed E-state index contributed by atoms with van der Waals surface area (Å²) in [4.78, 5) is 10.2. The Morgan fingerprint density at radius 2 is 1.91 bits per heavy atom. The Hall–Kier alpha value is 0.390. The second-order valence-electron chi connectivity index (χ2n) is 2.08. The average molecular weight is 172 g/mol. The molecule has 0 heterocycles. The minimum atomic E-state index is -1.00. The number of aliphatic hydroxyl groups excluding tert-OH is 2. The van der Waals surface area contributed by atoms with E-state index < -0.39 is 11.9 Å². The molecule has 0 aromatic heterocycles. The number of carbonyl (C=O) groups is 1. The molecule has 0 bridgehead atoms. The molecule has 0 saturated heterocycles. The van der Waals surface area contributed by atoms with Crippen molar-refractivity contribution in [1.82, 2.24) is 0 Å². The zero-order valence-electron chi connectivity index (χ0n) is 5.66. The Kier molecular flexibility index (Phi) is 10.8. The summed E-state index contributed by atoms with van der Waals surface area (Å²) < 4.78 is 0. The fraction of sp³-hybridized carbons (Fsp3) is 0.833. The first-order valence-electron chi connectivity index (χ1n) is 3.17. The van der Waals surface area contributed by atoms with Gasteiger partial charge in [-0.1, -0.05) is 0 Å². The van der Waals surface area contributed by atoms with Crippen LogP contribution in [0.1, 0.15) is 12.8 Å². The van der Waals surface area contributed by atoms with Crippen molar-refractivity contribution in [3.8, 4) is 0 Å². The van der Waals surface area contributed by atoms with Crippen LogP contribution >= 0.6 is 0 Å². The molecule has 4 nitrogen and oxygen atoms in total. The van der Waals surface area contributed by atoms with Gasteiger partial charge in [-0.3, -0.25) is 4.79 Å². The van der Waals surface area contributed by atoms with Crippen molar-refractivity contribution in [2.75, 3.05) is 13.2 Å². The number of aliphatic carboxylic acids is 1. The molecular formula is C6H13NaO4. The SMILES string of the molecule is O=C(O)C(CO)CCCO.[NaH]. The van der Waals surface area contributed by atoms with Crippen molar-refractivity contribution in [2.24, 2.45) is 5.92 Å². The third-order valence-electron chi connectivity index (χ3n) is 1.28. The summed E-state index contributed by atoms with van der Waals surface area (Å²) in [5.74, 6) is -1.72. The van der Waals surface area contributed by atoms with Crippen LogP contribution in [0.2, 0.25) is 0 Å². The van der Waals surface area contributed by atoms with Crippen LogP contribution in [0.15, 0.2) is 0 Å². The van der Waals surface area contributed by atoms with Crippen LogP contribution in [0.5, 0.6) is 0 Å². The predicted molar refractivity (Wildman–Crippen MR) is 41.7 cm³/mol. The normalized spacial score (nSPS) is 11.8. The van der Waals surface area contributed by atoms with Gasteiger partial charge in [0.15, 0.2) is 0 Å². The molecule has 5 heteroatoms. The maximum absolute atomic E-state index is 10.2. The minimum absolute atomic E-state index is 0. The number of carboxylic acid groups (broad SMARTS) is 1. The van der Waals surface area contributed by atoms with Gasteiger partial charge in [0.2, 0.25) is 0 Å². The molecule has 0 aromatic carbocycles. The Balaban J connectivity index is 0. The molecule has 0 aliphatic carbocycles. The predicted octanol–water partition coefficient (Wildman–Crippen LogP) is -1.20. The van der Waals surface area contributed by atoms with Gasteiger partial charge in [0.1, 0.15) is 0 Å². The molecule has 11 heavy (non-hydrogen) atoms. The molecule has 0 radical (unpaired) electrons. The maximum atomic E-state index is 10.2. The van der Waals surface area contributed by atoms with Gasteiger partial charge in [-0.15, -0.1) is 0 Å². The van der Waals surface area contributed by atoms with Crippen molar-refractivity contribution in [3.63, 3.8) is 0 Å². The Bertz CT molecular complexity index is 107. The molecule has 3 N–H and O–H groups in total. The van der Waals surface area contributed by atoms with Crippen LogP contribution in [-0.4, -0.2) is 64.1 Å². The number of aliphatic hydroxyl groups is 2. The van der Waals surface area contributed by atoms with Gasteiger partial charge >= 0.3 is 35.5 Å². The van der Waals surface area contributed by atoms with Gasteiger partial charge in [-0.25, -0.2) is 0 Å². The zero-order valence-corrected chi connectivity index (χ0v) is 5.66. The van der Waals surface area contributed by atoms with Crippen molar-refractivity contribution in [1.29, 1.82) is 0 Å². The molecule has 0 amide bonds. The Morgan fingerprint density at radius 3 is 2.18 bits per heavy atom. The fourth-order valence-electron chi connectivity index (χ4n) is 0.631. The van der Waals surface area contributed by atoms with Crippen LogP contribution < -0.4 is 0 Å². The summed E-state index contributed by atoms with van der Waals surface area (Å²) in [6.45, 7) is -0.376. The molecule has 0 aromatic rings. The van der Waals surface area contributed by atoms with Gasteiger partial charge < -0.3 is 15.3 Å². The second kappa shape index (κ2) is 8.49. The number of hydrogen-bond acceptors (Lipinski definition) is 3. The van der Waals surface area contributed by atoms with Crippen molar-refractivity contribution in [2.45, 2.75) is 12.8 Å². The molecule has 0 fully saturated rings. The van der Waals surface area contributed by atoms with Gasteiger partial charge in [0.05, 0.1) is 12.5 Å². The van der Waals surface area contributed by atoms with Crippen LogP contribution in [0.3, 0.4) is 0 Å². The molecule has 1 unspecified atom stereocenters. The Morgan fingerprint density at radius 1 is 1.36 bits per heavy atom. The van der Waals surface area contributed by atoms with E-state index in [4.69, 9.17) is 15.3 Å². The van der Waals surface area contributed by atoms with E-state index in [1.165, 1.54) is 0 Å². The molecular weight excluding hydrogens is 159 g/mol. The van der Waals surface area contributed by atoms with Gasteiger partial charge in [-0.05, 0) is 12.8 Å². The average Bonchev–Trinajstić information content (AvgIpc) is 1.89. The van der Waals surface area contributed by atoms with E-state index in [0.717, 1.165) is 0 Å². The van der Waals surface area contributed by atoms with Crippen LogP contribution in [0.25, 0.3) is 0 Å². The first-order valence-corrected chi connectivity index (χ1v) is 3.17. The molecule has 0 spiro atoms. The van der Waals surface area contributed by atoms with Crippen LogP contribution in [0.4, 0.5) is 0 Å². The van der Waals surface area contributed by atoms with Crippen LogP contribution in [-0.2, 0) is 4.79 Å². The zero-order chi connectivity index (χ0) is 7.98. The van der Waals surface area contributed by atoms with E-state index in [1.807, 2.05) is 0 Å². The summed E-state index contributed by atoms with van der Waals surface area (Å²) in [6.07, 6.45) is 0.764. The summed E-state index contributed by atoms with van der Waals surface area (Å²) in [5, 5.41) is 25.1. The molecule has 0 aliphatic heterocycles. The number of hydrogen-bond donors (Lipinski definition) is 3. The first kappa shape index (κ1) is 13.9. The second-order valence-corrected chi connectivity index (χ2v) is 2.08. The molecule has 1 atom stereocenters. The van der Waals surface area contributed by atoms with Crippen molar-refractivity contribution < 1.29 is 20.1 Å². The third-order valence-corrected chi connectivity index (χ3v) is 1.28. The van der Waals surface area contributed by atoms with E-state index in [1.54, 1.807) is 0 Å². The summed E-state index contributed by atoms with van der Waals surface area (Å²) >= 11 is 0. The number of rotatable bonds is 5. The third kappa shape index (κ3) is 6.77. The van der Waals surface area contributed by atoms with Crippen LogP contribution in [0, 0.1) is 5.92 Å². The summed E-state index contributed by atoms with van der Waals surface area (Å²) in [6, 6.07) is 0. The van der Waals surface area contributed by atoms with Gasteiger partial charge in [-0.2, -0.15) is 0 Å². The number of carboxylic acids is 1. The van der Waals surface area contributed by atoms with Crippen molar-refractivity contribution >= 4 is 35.5 Å². The molecule has 0 saturated carbocycles. The fourth-order valence-corrected chi connectivity index (χ4v) is 0.631. The van der Waals surface area contributed by atoms with E-state index in [-0.39, 0.29) is 42.8 Å². The molecule has 0 rings (SSSR count). The van der Waals surface area contributed by atoms with E-state index in [0.29, 0.717) is 12.8 Å². The molecule has 0 aliphatic rings. The van der Waals surface area contributed by atoms with E-state index in [2.05, 4.69) is 0 Å². The van der Waals surface area contributed by atoms with Gasteiger partial charge in [0.25, 0.3) is 0 Å². The summed E-state index contributed by atoms with van der Waals surface area (Å²) in [5.41, 5.74) is 0. The van der Waals surface area contributed by atoms with Crippen molar-refractivity contribution in [3.05, 3.63) is 0 Å². The molecule has 62 valence electrons. The van der Waals surface area contributed by atoms with Gasteiger partial charge in [0, 0.05) is 6.61 Å². The monoisotopic (exact) mass is 172 g/mol. The first-order chi connectivity index (χ1) is 4.72. The standard InChI is InChI=1S/C6H12O4.Na.H/c7-3-1-2-5(4-8)6(9)10;;/h5,7-8H,1-4H2,(H,9,10);;. The van der Waals surface area contributed by atoms with E-state index >= 15 is 0 Å². The topological polar surface area (TPSA) is 77.8 Å². The summed E-state index contributed by atoms with van der Waals surface area (Å²) in [7, 11) is 0. The Labute approximate surface area is 87.5 Å². The van der Waals surface area contributed by atoms with E-state index in [9.17, 15) is 4.79 Å².